The Hall–Kier alpha value is -1.52. The maximum Gasteiger partial charge on any atom is 0.231 e. The Morgan fingerprint density at radius 2 is 2.00 bits per heavy atom. The molecule has 0 spiro atoms. The summed E-state index contributed by atoms with van der Waals surface area (Å²) in [6.45, 7) is 4.36. The average Bonchev–Trinajstić information content (AvgIpc) is 2.91. The molecule has 2 aromatic carbocycles. The van der Waals surface area contributed by atoms with Crippen LogP contribution in [0.15, 0.2) is 34.8 Å². The fourth-order valence-corrected chi connectivity index (χ4v) is 3.10. The molecule has 0 amide bonds. The van der Waals surface area contributed by atoms with E-state index < -0.39 is 6.10 Å². The molecule has 4 heteroatoms. The van der Waals surface area contributed by atoms with Crippen LogP contribution in [0.4, 0.5) is 0 Å². The smallest absolute Gasteiger partial charge is 0.231 e. The number of hydrogen-bond acceptors (Lipinski definition) is 3. The third-order valence-corrected chi connectivity index (χ3v) is 4.34. The van der Waals surface area contributed by atoms with E-state index in [2.05, 4.69) is 48.0 Å². The molecule has 0 aliphatic carbocycles. The molecule has 1 unspecified atom stereocenters. The van der Waals surface area contributed by atoms with Gasteiger partial charge in [0.05, 0.1) is 10.6 Å². The first-order valence-electron chi connectivity index (χ1n) is 6.88. The van der Waals surface area contributed by atoms with E-state index in [0.29, 0.717) is 17.9 Å². The average molecular weight is 349 g/mol. The van der Waals surface area contributed by atoms with Crippen LogP contribution in [0.25, 0.3) is 0 Å². The van der Waals surface area contributed by atoms with Crippen molar-refractivity contribution in [3.8, 4) is 11.5 Å². The van der Waals surface area contributed by atoms with Gasteiger partial charge in [0, 0.05) is 6.42 Å². The van der Waals surface area contributed by atoms with E-state index in [1.165, 1.54) is 11.1 Å². The summed E-state index contributed by atoms with van der Waals surface area (Å²) >= 11 is 3.46. The van der Waals surface area contributed by atoms with Crippen molar-refractivity contribution in [2.45, 2.75) is 26.4 Å². The van der Waals surface area contributed by atoms with E-state index in [1.807, 2.05) is 12.1 Å². The van der Waals surface area contributed by atoms with Crippen LogP contribution in [-0.4, -0.2) is 11.9 Å². The summed E-state index contributed by atoms with van der Waals surface area (Å²) in [5.41, 5.74) is 4.39. The highest BCUT2D eigenvalue weighted by Gasteiger charge is 2.21. The summed E-state index contributed by atoms with van der Waals surface area (Å²) < 4.78 is 11.6. The van der Waals surface area contributed by atoms with Crippen LogP contribution in [0.1, 0.15) is 28.4 Å². The van der Waals surface area contributed by atoms with Gasteiger partial charge >= 0.3 is 0 Å². The van der Waals surface area contributed by atoms with Gasteiger partial charge in [0.15, 0.2) is 11.5 Å². The Morgan fingerprint density at radius 1 is 1.19 bits per heavy atom. The number of halogens is 1. The van der Waals surface area contributed by atoms with Gasteiger partial charge in [-0.25, -0.2) is 0 Å². The van der Waals surface area contributed by atoms with Crippen molar-refractivity contribution in [3.05, 3.63) is 57.1 Å². The summed E-state index contributed by atoms with van der Waals surface area (Å²) in [6.07, 6.45) is 0.0101. The van der Waals surface area contributed by atoms with Crippen LogP contribution in [0.3, 0.4) is 0 Å². The van der Waals surface area contributed by atoms with Crippen LogP contribution in [0, 0.1) is 13.8 Å². The Bertz CT molecular complexity index is 682. The molecule has 3 rings (SSSR count). The molecule has 2 aromatic rings. The van der Waals surface area contributed by atoms with Crippen LogP contribution in [0.5, 0.6) is 11.5 Å². The summed E-state index contributed by atoms with van der Waals surface area (Å²) in [6, 6.07) is 10.0. The summed E-state index contributed by atoms with van der Waals surface area (Å²) in [5.74, 6) is 1.39. The highest BCUT2D eigenvalue weighted by Crippen LogP contribution is 2.41. The van der Waals surface area contributed by atoms with E-state index in [0.717, 1.165) is 15.6 Å². The molecule has 0 bridgehead atoms. The van der Waals surface area contributed by atoms with Gasteiger partial charge in [-0.3, -0.25) is 0 Å². The molecular formula is C17H17BrO3. The molecule has 0 radical (unpaired) electrons. The molecule has 1 aliphatic heterocycles. The SMILES string of the molecule is Cc1ccc(C)c(CC(O)c2cc(Br)c3c(c2)OCO3)c1. The summed E-state index contributed by atoms with van der Waals surface area (Å²) in [7, 11) is 0. The lowest BCUT2D eigenvalue weighted by molar-refractivity contribution is 0.171. The van der Waals surface area contributed by atoms with Gasteiger partial charge < -0.3 is 14.6 Å². The lowest BCUT2D eigenvalue weighted by Crippen LogP contribution is -2.04. The number of rotatable bonds is 3. The van der Waals surface area contributed by atoms with Crippen molar-refractivity contribution in [2.75, 3.05) is 6.79 Å². The second-order valence-corrected chi connectivity index (χ2v) is 6.24. The maximum absolute atomic E-state index is 10.5. The Labute approximate surface area is 132 Å². The Kier molecular flexibility index (Phi) is 3.91. The molecule has 3 nitrogen and oxygen atoms in total. The van der Waals surface area contributed by atoms with Crippen molar-refractivity contribution in [1.29, 1.82) is 0 Å². The molecule has 1 aliphatic rings. The zero-order valence-electron chi connectivity index (χ0n) is 12.0. The zero-order chi connectivity index (χ0) is 15.0. The van der Waals surface area contributed by atoms with Crippen molar-refractivity contribution in [3.63, 3.8) is 0 Å². The van der Waals surface area contributed by atoms with Crippen LogP contribution in [0.2, 0.25) is 0 Å². The summed E-state index contributed by atoms with van der Waals surface area (Å²) in [4.78, 5) is 0. The minimum Gasteiger partial charge on any atom is -0.454 e. The standard InChI is InChI=1S/C17H17BrO3/c1-10-3-4-11(2)12(5-10)7-15(19)13-6-14(18)17-16(8-13)20-9-21-17/h3-6,8,15,19H,7,9H2,1-2H3. The van der Waals surface area contributed by atoms with E-state index in [4.69, 9.17) is 9.47 Å². The predicted octanol–water partition coefficient (Wildman–Crippen LogP) is 4.07. The van der Waals surface area contributed by atoms with Gasteiger partial charge in [0.25, 0.3) is 0 Å². The van der Waals surface area contributed by atoms with Crippen molar-refractivity contribution < 1.29 is 14.6 Å². The molecule has 1 atom stereocenters. The quantitative estimate of drug-likeness (QED) is 0.908. The van der Waals surface area contributed by atoms with Crippen LogP contribution < -0.4 is 9.47 Å². The van der Waals surface area contributed by atoms with Gasteiger partial charge in [-0.1, -0.05) is 23.8 Å². The first-order valence-corrected chi connectivity index (χ1v) is 7.67. The number of aliphatic hydroxyl groups is 1. The van der Waals surface area contributed by atoms with Crippen molar-refractivity contribution in [1.82, 2.24) is 0 Å². The molecule has 0 aromatic heterocycles. The third kappa shape index (κ3) is 2.92. The number of benzene rings is 2. The highest BCUT2D eigenvalue weighted by molar-refractivity contribution is 9.10. The predicted molar refractivity (Wildman–Crippen MR) is 84.8 cm³/mol. The van der Waals surface area contributed by atoms with E-state index >= 15 is 0 Å². The fraction of sp³-hybridized carbons (Fsp3) is 0.294. The topological polar surface area (TPSA) is 38.7 Å². The van der Waals surface area contributed by atoms with E-state index in [9.17, 15) is 5.11 Å². The first-order chi connectivity index (χ1) is 10.0. The molecule has 1 heterocycles. The van der Waals surface area contributed by atoms with Crippen molar-refractivity contribution in [2.24, 2.45) is 0 Å². The maximum atomic E-state index is 10.5. The zero-order valence-corrected chi connectivity index (χ0v) is 13.6. The Balaban J connectivity index is 1.87. The number of hydrogen-bond donors (Lipinski definition) is 1. The van der Waals surface area contributed by atoms with Crippen molar-refractivity contribution >= 4 is 15.9 Å². The summed E-state index contributed by atoms with van der Waals surface area (Å²) in [5, 5.41) is 10.5. The number of fused-ring (bicyclic) bond motifs is 1. The van der Waals surface area contributed by atoms with Crippen LogP contribution in [-0.2, 0) is 6.42 Å². The minimum absolute atomic E-state index is 0.227. The normalized spacial score (nSPS) is 14.3. The molecule has 21 heavy (non-hydrogen) atoms. The first kappa shape index (κ1) is 14.4. The molecule has 0 saturated carbocycles. The van der Waals surface area contributed by atoms with Gasteiger partial charge in [-0.15, -0.1) is 0 Å². The van der Waals surface area contributed by atoms with E-state index in [1.54, 1.807) is 0 Å². The van der Waals surface area contributed by atoms with Gasteiger partial charge in [0.1, 0.15) is 0 Å². The lowest BCUT2D eigenvalue weighted by atomic mass is 9.96. The third-order valence-electron chi connectivity index (χ3n) is 3.75. The van der Waals surface area contributed by atoms with Gasteiger partial charge in [0.2, 0.25) is 6.79 Å². The number of aliphatic hydroxyl groups excluding tert-OH is 1. The van der Waals surface area contributed by atoms with E-state index in [-0.39, 0.29) is 6.79 Å². The molecule has 110 valence electrons. The number of aryl methyl sites for hydroxylation is 2. The van der Waals surface area contributed by atoms with Gasteiger partial charge in [-0.05, 0) is 58.6 Å². The van der Waals surface area contributed by atoms with Gasteiger partial charge in [-0.2, -0.15) is 0 Å². The largest absolute Gasteiger partial charge is 0.454 e. The minimum atomic E-state index is -0.573. The monoisotopic (exact) mass is 348 g/mol. The molecule has 1 N–H and O–H groups in total. The molecule has 0 saturated heterocycles. The Morgan fingerprint density at radius 3 is 2.81 bits per heavy atom. The second-order valence-electron chi connectivity index (χ2n) is 5.39. The van der Waals surface area contributed by atoms with Crippen LogP contribution >= 0.6 is 15.9 Å². The molecule has 0 fully saturated rings. The number of ether oxygens (including phenoxy) is 2. The fourth-order valence-electron chi connectivity index (χ4n) is 2.53. The highest BCUT2D eigenvalue weighted by atomic mass is 79.9. The second kappa shape index (κ2) is 5.70. The molecular weight excluding hydrogens is 332 g/mol. The lowest BCUT2D eigenvalue weighted by Gasteiger charge is -2.15.